The van der Waals surface area contributed by atoms with Crippen LogP contribution in [0.5, 0.6) is 0 Å². The maximum absolute atomic E-state index is 13.5. The minimum absolute atomic E-state index is 0.0768. The van der Waals surface area contributed by atoms with Crippen molar-refractivity contribution in [2.45, 2.75) is 39.2 Å². The van der Waals surface area contributed by atoms with Gasteiger partial charge in [-0.25, -0.2) is 4.39 Å². The number of benzene rings is 1. The normalized spacial score (nSPS) is 16.4. The summed E-state index contributed by atoms with van der Waals surface area (Å²) in [6.07, 6.45) is 0.704. The third-order valence-electron chi connectivity index (χ3n) is 3.15. The fraction of sp³-hybridized carbons (Fsp3) is 0.500. The highest BCUT2D eigenvalue weighted by Crippen LogP contribution is 2.34. The van der Waals surface area contributed by atoms with Crippen LogP contribution in [-0.4, -0.2) is 11.0 Å². The summed E-state index contributed by atoms with van der Waals surface area (Å²) >= 11 is 0. The Morgan fingerprint density at radius 1 is 1.39 bits per heavy atom. The van der Waals surface area contributed by atoms with E-state index < -0.39 is 6.10 Å². The molecule has 18 heavy (non-hydrogen) atoms. The van der Waals surface area contributed by atoms with Gasteiger partial charge in [-0.3, -0.25) is 4.79 Å². The van der Waals surface area contributed by atoms with Crippen molar-refractivity contribution in [2.24, 2.45) is 5.92 Å². The van der Waals surface area contributed by atoms with Gasteiger partial charge in [0.25, 0.3) is 0 Å². The number of aliphatic hydroxyl groups excluding tert-OH is 1. The monoisotopic (exact) mass is 251 g/mol. The number of aryl methyl sites for hydroxylation is 1. The van der Waals surface area contributed by atoms with E-state index in [0.29, 0.717) is 36.4 Å². The molecule has 0 radical (unpaired) electrons. The van der Waals surface area contributed by atoms with Gasteiger partial charge in [-0.15, -0.1) is 0 Å². The van der Waals surface area contributed by atoms with E-state index in [2.05, 4.69) is 5.32 Å². The lowest BCUT2D eigenvalue weighted by Gasteiger charge is -2.23. The Labute approximate surface area is 106 Å². The zero-order chi connectivity index (χ0) is 13.3. The smallest absolute Gasteiger partial charge is 0.224 e. The highest BCUT2D eigenvalue weighted by Gasteiger charge is 2.23. The number of anilines is 1. The lowest BCUT2D eigenvalue weighted by Crippen LogP contribution is -2.21. The number of hydrogen-bond acceptors (Lipinski definition) is 2. The van der Waals surface area contributed by atoms with Gasteiger partial charge in [0.2, 0.25) is 5.91 Å². The van der Waals surface area contributed by atoms with Crippen molar-refractivity contribution in [2.75, 3.05) is 5.32 Å². The van der Waals surface area contributed by atoms with Crippen LogP contribution in [-0.2, 0) is 11.2 Å². The van der Waals surface area contributed by atoms with Gasteiger partial charge < -0.3 is 10.4 Å². The van der Waals surface area contributed by atoms with Crippen LogP contribution in [0.15, 0.2) is 12.1 Å². The molecule has 1 amide bonds. The second-order valence-corrected chi connectivity index (χ2v) is 5.22. The van der Waals surface area contributed by atoms with Gasteiger partial charge in [-0.1, -0.05) is 13.8 Å². The second kappa shape index (κ2) is 5.06. The summed E-state index contributed by atoms with van der Waals surface area (Å²) < 4.78 is 13.5. The van der Waals surface area contributed by atoms with Crippen LogP contribution in [0.4, 0.5) is 10.1 Å². The minimum Gasteiger partial charge on any atom is -0.388 e. The van der Waals surface area contributed by atoms with Crippen LogP contribution in [0.3, 0.4) is 0 Å². The van der Waals surface area contributed by atoms with Gasteiger partial charge in [-0.05, 0) is 36.5 Å². The molecule has 98 valence electrons. The van der Waals surface area contributed by atoms with E-state index in [1.165, 1.54) is 12.1 Å². The Balaban J connectivity index is 2.39. The van der Waals surface area contributed by atoms with E-state index in [9.17, 15) is 14.3 Å². The molecule has 3 nitrogen and oxygen atoms in total. The molecule has 0 aliphatic carbocycles. The van der Waals surface area contributed by atoms with Crippen molar-refractivity contribution in [1.29, 1.82) is 0 Å². The van der Waals surface area contributed by atoms with Crippen LogP contribution >= 0.6 is 0 Å². The zero-order valence-corrected chi connectivity index (χ0v) is 10.7. The van der Waals surface area contributed by atoms with Crippen molar-refractivity contribution in [3.8, 4) is 0 Å². The molecule has 2 N–H and O–H groups in total. The van der Waals surface area contributed by atoms with Crippen LogP contribution in [0.25, 0.3) is 0 Å². The highest BCUT2D eigenvalue weighted by molar-refractivity contribution is 5.94. The van der Waals surface area contributed by atoms with Crippen molar-refractivity contribution in [3.05, 3.63) is 29.1 Å². The van der Waals surface area contributed by atoms with E-state index in [1.807, 2.05) is 13.8 Å². The predicted molar refractivity (Wildman–Crippen MR) is 67.8 cm³/mol. The van der Waals surface area contributed by atoms with Gasteiger partial charge in [0.1, 0.15) is 5.82 Å². The Morgan fingerprint density at radius 2 is 2.11 bits per heavy atom. The largest absolute Gasteiger partial charge is 0.388 e. The quantitative estimate of drug-likeness (QED) is 0.867. The zero-order valence-electron chi connectivity index (χ0n) is 10.7. The second-order valence-electron chi connectivity index (χ2n) is 5.22. The molecule has 0 fully saturated rings. The number of carbonyl (C=O) groups is 1. The number of aliphatic hydroxyl groups is 1. The van der Waals surface area contributed by atoms with Crippen LogP contribution in [0.2, 0.25) is 0 Å². The first-order valence-corrected chi connectivity index (χ1v) is 6.27. The Morgan fingerprint density at radius 3 is 2.78 bits per heavy atom. The van der Waals surface area contributed by atoms with E-state index in [4.69, 9.17) is 0 Å². The minimum atomic E-state index is -0.743. The maximum atomic E-state index is 13.5. The summed E-state index contributed by atoms with van der Waals surface area (Å²) in [5.74, 6) is -0.131. The molecule has 1 atom stereocenters. The average Bonchev–Trinajstić information content (AvgIpc) is 2.27. The molecule has 0 spiro atoms. The molecule has 0 saturated carbocycles. The number of nitrogens with one attached hydrogen (secondary N) is 1. The Hall–Kier alpha value is -1.42. The van der Waals surface area contributed by atoms with Crippen molar-refractivity contribution in [3.63, 3.8) is 0 Å². The molecule has 1 heterocycles. The number of carbonyl (C=O) groups excluding carboxylic acids is 1. The van der Waals surface area contributed by atoms with Crippen LogP contribution in [0.1, 0.15) is 43.9 Å². The van der Waals surface area contributed by atoms with Gasteiger partial charge in [0.15, 0.2) is 0 Å². The molecular formula is C14H18FNO2. The van der Waals surface area contributed by atoms with Crippen LogP contribution in [0, 0.1) is 11.7 Å². The number of rotatable bonds is 3. The first-order valence-electron chi connectivity index (χ1n) is 6.27. The third kappa shape index (κ3) is 2.70. The highest BCUT2D eigenvalue weighted by atomic mass is 19.1. The summed E-state index contributed by atoms with van der Waals surface area (Å²) in [6.45, 7) is 3.99. The summed E-state index contributed by atoms with van der Waals surface area (Å²) in [5.41, 5.74) is 1.86. The van der Waals surface area contributed by atoms with E-state index in [1.54, 1.807) is 0 Å². The molecule has 1 unspecified atom stereocenters. The van der Waals surface area contributed by atoms with Crippen molar-refractivity contribution in [1.82, 2.24) is 0 Å². The molecule has 4 heteroatoms. The summed E-state index contributed by atoms with van der Waals surface area (Å²) in [7, 11) is 0. The molecule has 2 rings (SSSR count). The molecule has 1 aromatic rings. The van der Waals surface area contributed by atoms with Crippen molar-refractivity contribution >= 4 is 11.6 Å². The van der Waals surface area contributed by atoms with E-state index in [0.717, 1.165) is 5.56 Å². The Kier molecular flexibility index (Phi) is 3.66. The van der Waals surface area contributed by atoms with Gasteiger partial charge in [0, 0.05) is 17.7 Å². The fourth-order valence-electron chi connectivity index (χ4n) is 2.32. The number of amides is 1. The molecule has 1 aliphatic heterocycles. The van der Waals surface area contributed by atoms with Gasteiger partial charge in [-0.2, -0.15) is 0 Å². The van der Waals surface area contributed by atoms with Gasteiger partial charge in [0.05, 0.1) is 6.10 Å². The average molecular weight is 251 g/mol. The number of hydrogen-bond donors (Lipinski definition) is 2. The number of fused-ring (bicyclic) bond motifs is 1. The molecule has 0 saturated heterocycles. The summed E-state index contributed by atoms with van der Waals surface area (Å²) in [4.78, 5) is 11.4. The standard InChI is InChI=1S/C14H18FNO2/c1-8(2)5-12(17)11-7-10(15)6-9-3-4-13(18)16-14(9)11/h6-8,12,17H,3-5H2,1-2H3,(H,16,18). The van der Waals surface area contributed by atoms with Crippen LogP contribution < -0.4 is 5.32 Å². The Bertz CT molecular complexity index is 471. The molecule has 0 aromatic heterocycles. The summed E-state index contributed by atoms with van der Waals surface area (Å²) in [6, 6.07) is 2.75. The number of halogens is 1. The molecular weight excluding hydrogens is 233 g/mol. The lowest BCUT2D eigenvalue weighted by molar-refractivity contribution is -0.116. The van der Waals surface area contributed by atoms with Crippen molar-refractivity contribution < 1.29 is 14.3 Å². The molecule has 0 bridgehead atoms. The summed E-state index contributed by atoms with van der Waals surface area (Å²) in [5, 5.41) is 12.9. The topological polar surface area (TPSA) is 49.3 Å². The lowest BCUT2D eigenvalue weighted by atomic mass is 9.92. The first kappa shape index (κ1) is 13.0. The third-order valence-corrected chi connectivity index (χ3v) is 3.15. The SMILES string of the molecule is CC(C)CC(O)c1cc(F)cc2c1NC(=O)CC2. The molecule has 1 aliphatic rings. The first-order chi connectivity index (χ1) is 8.47. The maximum Gasteiger partial charge on any atom is 0.224 e. The van der Waals surface area contributed by atoms with E-state index in [-0.39, 0.29) is 11.7 Å². The fourth-order valence-corrected chi connectivity index (χ4v) is 2.32. The molecule has 1 aromatic carbocycles. The van der Waals surface area contributed by atoms with Gasteiger partial charge >= 0.3 is 0 Å². The predicted octanol–water partition coefficient (Wildman–Crippen LogP) is 2.79. The van der Waals surface area contributed by atoms with E-state index >= 15 is 0 Å².